The van der Waals surface area contributed by atoms with Crippen LogP contribution >= 0.6 is 0 Å². The Kier molecular flexibility index (Phi) is 8.28. The molecule has 0 unspecified atom stereocenters. The molecule has 0 saturated carbocycles. The van der Waals surface area contributed by atoms with E-state index in [1.807, 2.05) is 0 Å². The summed E-state index contributed by atoms with van der Waals surface area (Å²) >= 11 is 0. The number of Topliss-reactive ketones (excluding diaryl/α,β-unsaturated/α-hetero) is 2. The smallest absolute Gasteiger partial charge is 0.342 e. The quantitative estimate of drug-likeness (QED) is 0.187. The van der Waals surface area contributed by atoms with Gasteiger partial charge in [0.2, 0.25) is 5.78 Å². The van der Waals surface area contributed by atoms with Crippen LogP contribution in [-0.4, -0.2) is 37.9 Å². The predicted molar refractivity (Wildman–Crippen MR) is 111 cm³/mol. The lowest BCUT2D eigenvalue weighted by Crippen LogP contribution is -2.29. The fourth-order valence-electron chi connectivity index (χ4n) is 3.00. The van der Waals surface area contributed by atoms with Gasteiger partial charge in [0.25, 0.3) is 0 Å². The Balaban J connectivity index is 2.38. The van der Waals surface area contributed by atoms with Gasteiger partial charge in [-0.25, -0.2) is 4.79 Å². The van der Waals surface area contributed by atoms with Crippen molar-refractivity contribution < 1.29 is 23.9 Å². The van der Waals surface area contributed by atoms with Crippen LogP contribution in [-0.2, 0) is 23.9 Å². The molecule has 0 N–H and O–H groups in total. The molecule has 2 aliphatic carbocycles. The van der Waals surface area contributed by atoms with Gasteiger partial charge in [0, 0.05) is 30.4 Å². The summed E-state index contributed by atoms with van der Waals surface area (Å²) in [4.78, 5) is 38.9. The summed E-state index contributed by atoms with van der Waals surface area (Å²) in [6, 6.07) is 0. The van der Waals surface area contributed by atoms with E-state index in [2.05, 4.69) is 18.9 Å². The molecule has 0 aromatic carbocycles. The van der Waals surface area contributed by atoms with Crippen molar-refractivity contribution in [3.05, 3.63) is 89.3 Å². The number of unbranched alkanes of at least 4 members (excludes halogenated alkanes) is 2. The molecule has 0 fully saturated rings. The summed E-state index contributed by atoms with van der Waals surface area (Å²) in [7, 11) is 1.63. The molecule has 0 atom stereocenters. The Hall–Kier alpha value is -3.27. The first-order valence-electron chi connectivity index (χ1n) is 9.35. The maximum atomic E-state index is 13.1. The van der Waals surface area contributed by atoms with E-state index in [4.69, 9.17) is 9.47 Å². The van der Waals surface area contributed by atoms with Crippen LogP contribution in [0.25, 0.3) is 0 Å². The molecule has 0 spiro atoms. The maximum Gasteiger partial charge on any atom is 0.342 e. The van der Waals surface area contributed by atoms with E-state index in [1.165, 1.54) is 12.2 Å². The number of esters is 1. The van der Waals surface area contributed by atoms with Gasteiger partial charge in [-0.2, -0.15) is 0 Å². The lowest BCUT2D eigenvalue weighted by molar-refractivity contribution is -0.140. The highest BCUT2D eigenvalue weighted by Gasteiger charge is 2.37. The van der Waals surface area contributed by atoms with Crippen LogP contribution in [0.4, 0.5) is 0 Å². The molecule has 29 heavy (non-hydrogen) atoms. The maximum absolute atomic E-state index is 13.1. The molecular formula is C24H24O5. The van der Waals surface area contributed by atoms with Crippen LogP contribution < -0.4 is 0 Å². The molecule has 0 aromatic heterocycles. The average molecular weight is 392 g/mol. The number of rotatable bonds is 10. The molecule has 2 aliphatic rings. The summed E-state index contributed by atoms with van der Waals surface area (Å²) in [5, 5.41) is 0. The number of allylic oxidation sites excluding steroid dienone is 10. The predicted octanol–water partition coefficient (Wildman–Crippen LogP) is 3.67. The van der Waals surface area contributed by atoms with Gasteiger partial charge in [0.15, 0.2) is 5.78 Å². The lowest BCUT2D eigenvalue weighted by Gasteiger charge is -2.21. The molecule has 2 rings (SSSR count). The third-order valence-electron chi connectivity index (χ3n) is 4.44. The van der Waals surface area contributed by atoms with E-state index >= 15 is 0 Å². The van der Waals surface area contributed by atoms with Gasteiger partial charge in [-0.3, -0.25) is 9.59 Å². The average Bonchev–Trinajstić information content (AvgIpc) is 3.00. The number of carbonyl (C=O) groups is 3. The molecule has 150 valence electrons. The molecule has 0 amide bonds. The van der Waals surface area contributed by atoms with Gasteiger partial charge in [-0.05, 0) is 43.1 Å². The molecule has 0 heterocycles. The van der Waals surface area contributed by atoms with Crippen molar-refractivity contribution in [2.75, 3.05) is 20.3 Å². The fraction of sp³-hybridized carbons (Fsp3) is 0.250. The van der Waals surface area contributed by atoms with Crippen LogP contribution in [0.15, 0.2) is 89.3 Å². The van der Waals surface area contributed by atoms with Crippen molar-refractivity contribution in [2.45, 2.75) is 19.3 Å². The zero-order valence-electron chi connectivity index (χ0n) is 16.5. The molecule has 5 nitrogen and oxygen atoms in total. The lowest BCUT2D eigenvalue weighted by atomic mass is 9.80. The number of hydrogen-bond acceptors (Lipinski definition) is 5. The van der Waals surface area contributed by atoms with Gasteiger partial charge >= 0.3 is 5.97 Å². The summed E-state index contributed by atoms with van der Waals surface area (Å²) in [6.07, 6.45) is 13.1. The van der Waals surface area contributed by atoms with Gasteiger partial charge in [0.05, 0.1) is 6.61 Å². The van der Waals surface area contributed by atoms with Crippen molar-refractivity contribution in [1.82, 2.24) is 0 Å². The second-order valence-corrected chi connectivity index (χ2v) is 6.31. The van der Waals surface area contributed by atoms with Crippen molar-refractivity contribution in [2.24, 2.45) is 0 Å². The van der Waals surface area contributed by atoms with Crippen LogP contribution in [0.1, 0.15) is 19.3 Å². The highest BCUT2D eigenvalue weighted by atomic mass is 16.5. The van der Waals surface area contributed by atoms with Crippen molar-refractivity contribution >= 4 is 17.5 Å². The second-order valence-electron chi connectivity index (χ2n) is 6.31. The van der Waals surface area contributed by atoms with Crippen molar-refractivity contribution in [3.8, 4) is 0 Å². The molecule has 0 radical (unpaired) electrons. The summed E-state index contributed by atoms with van der Waals surface area (Å²) in [5.41, 5.74) is 3.20. The van der Waals surface area contributed by atoms with Crippen molar-refractivity contribution in [3.63, 3.8) is 0 Å². The monoisotopic (exact) mass is 392 g/mol. The molecule has 0 bridgehead atoms. The van der Waals surface area contributed by atoms with Crippen LogP contribution in [0.3, 0.4) is 0 Å². The van der Waals surface area contributed by atoms with Gasteiger partial charge in [-0.15, -0.1) is 5.73 Å². The Bertz CT molecular complexity index is 915. The van der Waals surface area contributed by atoms with E-state index in [9.17, 15) is 14.4 Å². The summed E-state index contributed by atoms with van der Waals surface area (Å²) < 4.78 is 10.3. The third kappa shape index (κ3) is 5.17. The normalized spacial score (nSPS) is 16.1. The van der Waals surface area contributed by atoms with E-state index in [0.717, 1.165) is 12.8 Å². The van der Waals surface area contributed by atoms with Crippen molar-refractivity contribution in [1.29, 1.82) is 0 Å². The first-order valence-corrected chi connectivity index (χ1v) is 9.35. The van der Waals surface area contributed by atoms with Crippen LogP contribution in [0, 0.1) is 0 Å². The molecule has 5 heteroatoms. The van der Waals surface area contributed by atoms with Gasteiger partial charge in [-0.1, -0.05) is 37.5 Å². The minimum Gasteiger partial charge on any atom is -0.462 e. The summed E-state index contributed by atoms with van der Waals surface area (Å²) in [6.45, 7) is 8.02. The fourth-order valence-corrected chi connectivity index (χ4v) is 3.00. The van der Waals surface area contributed by atoms with Gasteiger partial charge in [0.1, 0.15) is 5.57 Å². The zero-order chi connectivity index (χ0) is 21.2. The second kappa shape index (κ2) is 10.9. The largest absolute Gasteiger partial charge is 0.462 e. The van der Waals surface area contributed by atoms with E-state index in [0.29, 0.717) is 18.6 Å². The molecule has 0 aliphatic heterocycles. The number of carbonyl (C=O) groups excluding carboxylic acids is 3. The minimum absolute atomic E-state index is 0.00415. The minimum atomic E-state index is -0.817. The number of methoxy groups -OCH3 is 1. The van der Waals surface area contributed by atoms with E-state index < -0.39 is 17.5 Å². The SMILES string of the molecule is C=CC1=C(C=C)C(=O)C(C2=CC=C=CC=C2)=C(C(=O)OCCCCCOC)C1=O. The zero-order valence-corrected chi connectivity index (χ0v) is 16.5. The Morgan fingerprint density at radius 3 is 2.41 bits per heavy atom. The molecular weight excluding hydrogens is 368 g/mol. The number of hydrogen-bond donors (Lipinski definition) is 0. The van der Waals surface area contributed by atoms with E-state index in [-0.39, 0.29) is 28.9 Å². The first kappa shape index (κ1) is 22.0. The molecule has 0 aromatic rings. The Morgan fingerprint density at radius 1 is 1.03 bits per heavy atom. The standard InChI is InChI=1S/C24H24O5/c1-4-18-19(5-2)23(26)21(24(27)29-16-12-8-11-15-28-3)20(22(18)25)17-13-9-6-7-10-14-17/h4-6,9-10,13-14H,1-2,8,11-12,15-16H2,3H3. The molecule has 0 saturated heterocycles. The summed E-state index contributed by atoms with van der Waals surface area (Å²) in [5.74, 6) is -1.87. The Morgan fingerprint density at radius 2 is 1.72 bits per heavy atom. The highest BCUT2D eigenvalue weighted by molar-refractivity contribution is 6.37. The third-order valence-corrected chi connectivity index (χ3v) is 4.44. The van der Waals surface area contributed by atoms with E-state index in [1.54, 1.807) is 37.5 Å². The Labute approximate surface area is 170 Å². The number of ketones is 2. The topological polar surface area (TPSA) is 69.7 Å². The van der Waals surface area contributed by atoms with Gasteiger partial charge < -0.3 is 9.47 Å². The van der Waals surface area contributed by atoms with Crippen LogP contribution in [0.5, 0.6) is 0 Å². The first-order chi connectivity index (χ1) is 14.1. The number of ether oxygens (including phenoxy) is 2. The highest BCUT2D eigenvalue weighted by Crippen LogP contribution is 2.32. The van der Waals surface area contributed by atoms with Crippen LogP contribution in [0.2, 0.25) is 0 Å².